The van der Waals surface area contributed by atoms with Crippen molar-refractivity contribution >= 4 is 45.8 Å². The normalized spacial score (nSPS) is 15.2. The maximum Gasteiger partial charge on any atom is 0.264 e. The van der Waals surface area contributed by atoms with E-state index < -0.39 is 39.5 Å². The maximum atomic E-state index is 12.8. The maximum absolute atomic E-state index is 12.8. The highest BCUT2D eigenvalue weighted by Crippen LogP contribution is 2.32. The highest BCUT2D eigenvalue weighted by atomic mass is 32.2. The Morgan fingerprint density at radius 3 is 1.69 bits per heavy atom. The molecule has 4 amide bonds. The molecule has 2 aromatic carbocycles. The van der Waals surface area contributed by atoms with E-state index in [0.29, 0.717) is 23.3 Å². The van der Waals surface area contributed by atoms with Crippen LogP contribution in [0.15, 0.2) is 36.4 Å². The molecule has 0 radical (unpaired) electrons. The second-order valence-corrected chi connectivity index (χ2v) is 10.4. The van der Waals surface area contributed by atoms with Gasteiger partial charge in [-0.2, -0.15) is 8.42 Å². The van der Waals surface area contributed by atoms with Crippen molar-refractivity contribution in [2.75, 3.05) is 24.6 Å². The van der Waals surface area contributed by atoms with Gasteiger partial charge in [-0.25, -0.2) is 5.26 Å². The molecule has 2 N–H and O–H groups in total. The SMILES string of the molecule is O=C1c2ccc(-c3ccc4c(c3)C(=O)N(CCCS(=O)(=O)O)C4=O)cc2C(=O)N1CCCSOOO. The van der Waals surface area contributed by atoms with Crippen molar-refractivity contribution in [3.8, 4) is 11.1 Å². The minimum Gasteiger partial charge on any atom is -0.286 e. The van der Waals surface area contributed by atoms with Gasteiger partial charge in [0.2, 0.25) is 0 Å². The zero-order chi connectivity index (χ0) is 26.0. The van der Waals surface area contributed by atoms with Gasteiger partial charge in [-0.1, -0.05) is 17.2 Å². The Morgan fingerprint density at radius 2 is 1.22 bits per heavy atom. The van der Waals surface area contributed by atoms with Gasteiger partial charge in [-0.05, 0) is 48.2 Å². The summed E-state index contributed by atoms with van der Waals surface area (Å²) in [6.07, 6.45) is 0.309. The molecule has 4 rings (SSSR count). The van der Waals surface area contributed by atoms with E-state index in [0.717, 1.165) is 21.8 Å². The molecule has 36 heavy (non-hydrogen) atoms. The standard InChI is InChI=1S/C22H20N2O10S2/c25-19-15-5-3-13(11-17(15)21(27)23(19)7-1-9-35-34-33-29)14-4-6-16-18(12-14)22(28)24(20(16)26)8-2-10-36(30,31)32/h3-6,11-12,29H,1-2,7-10H2,(H,30,31,32). The fraction of sp³-hybridized carbons (Fsp3) is 0.273. The first-order valence-corrected chi connectivity index (χ1v) is 13.2. The Labute approximate surface area is 209 Å². The van der Waals surface area contributed by atoms with Crippen LogP contribution in [0.3, 0.4) is 0 Å². The van der Waals surface area contributed by atoms with Crippen LogP contribution in [-0.4, -0.2) is 76.3 Å². The van der Waals surface area contributed by atoms with Crippen molar-refractivity contribution in [3.05, 3.63) is 58.7 Å². The molecular weight excluding hydrogens is 516 g/mol. The van der Waals surface area contributed by atoms with Crippen molar-refractivity contribution in [2.45, 2.75) is 12.8 Å². The molecule has 12 nitrogen and oxygen atoms in total. The summed E-state index contributed by atoms with van der Waals surface area (Å²) in [7, 11) is -4.21. The zero-order valence-corrected chi connectivity index (χ0v) is 20.2. The Hall–Kier alpha value is -3.14. The van der Waals surface area contributed by atoms with Crippen LogP contribution in [0.1, 0.15) is 54.3 Å². The summed E-state index contributed by atoms with van der Waals surface area (Å²) in [5.74, 6) is -2.24. The van der Waals surface area contributed by atoms with Crippen molar-refractivity contribution in [3.63, 3.8) is 0 Å². The first-order valence-electron chi connectivity index (χ1n) is 10.7. The molecule has 0 bridgehead atoms. The lowest BCUT2D eigenvalue weighted by atomic mass is 9.97. The third-order valence-corrected chi connectivity index (χ3v) is 7.16. The summed E-state index contributed by atoms with van der Waals surface area (Å²) in [5, 5.41) is 11.6. The molecule has 2 aliphatic rings. The van der Waals surface area contributed by atoms with Crippen molar-refractivity contribution in [2.24, 2.45) is 0 Å². The molecule has 2 heterocycles. The van der Waals surface area contributed by atoms with E-state index in [9.17, 15) is 27.6 Å². The topological polar surface area (TPSA) is 168 Å². The quantitative estimate of drug-likeness (QED) is 0.108. The summed E-state index contributed by atoms with van der Waals surface area (Å²) in [5.41, 5.74) is 1.89. The Balaban J connectivity index is 1.51. The number of carbonyl (C=O) groups is 4. The van der Waals surface area contributed by atoms with Crippen LogP contribution < -0.4 is 0 Å². The van der Waals surface area contributed by atoms with E-state index in [4.69, 9.17) is 9.81 Å². The van der Waals surface area contributed by atoms with E-state index >= 15 is 0 Å². The van der Waals surface area contributed by atoms with Gasteiger partial charge in [-0.3, -0.25) is 33.5 Å². The van der Waals surface area contributed by atoms with Gasteiger partial charge in [-0.15, -0.1) is 4.33 Å². The van der Waals surface area contributed by atoms with Gasteiger partial charge in [0.15, 0.2) is 0 Å². The number of imide groups is 2. The highest BCUT2D eigenvalue weighted by molar-refractivity contribution is 7.94. The van der Waals surface area contributed by atoms with E-state index in [2.05, 4.69) is 9.37 Å². The smallest absolute Gasteiger partial charge is 0.264 e. The number of rotatable bonds is 11. The predicted molar refractivity (Wildman–Crippen MR) is 126 cm³/mol. The molecule has 14 heteroatoms. The molecule has 0 saturated heterocycles. The molecule has 2 aromatic rings. The van der Waals surface area contributed by atoms with Crippen LogP contribution in [0.2, 0.25) is 0 Å². The summed E-state index contributed by atoms with van der Waals surface area (Å²) >= 11 is 0.824. The lowest BCUT2D eigenvalue weighted by molar-refractivity contribution is -0.432. The Bertz CT molecular complexity index is 1360. The van der Waals surface area contributed by atoms with E-state index in [1.165, 1.54) is 18.2 Å². The highest BCUT2D eigenvalue weighted by Gasteiger charge is 2.37. The number of carbonyl (C=O) groups excluding carboxylic acids is 4. The van der Waals surface area contributed by atoms with Crippen LogP contribution in [0.5, 0.6) is 0 Å². The van der Waals surface area contributed by atoms with Gasteiger partial charge in [0, 0.05) is 30.9 Å². The number of nitrogens with zero attached hydrogens (tertiary/aromatic N) is 2. The number of amides is 4. The third kappa shape index (κ3) is 5.18. The second-order valence-electron chi connectivity index (χ2n) is 8.00. The average molecular weight is 537 g/mol. The minimum absolute atomic E-state index is 0.102. The monoisotopic (exact) mass is 536 g/mol. The Morgan fingerprint density at radius 1 is 0.750 bits per heavy atom. The largest absolute Gasteiger partial charge is 0.286 e. The second kappa shape index (κ2) is 10.5. The van der Waals surface area contributed by atoms with Crippen LogP contribution >= 0.6 is 12.0 Å². The first-order chi connectivity index (χ1) is 17.1. The van der Waals surface area contributed by atoms with Crippen LogP contribution in [0.4, 0.5) is 0 Å². The minimum atomic E-state index is -4.21. The summed E-state index contributed by atoms with van der Waals surface area (Å²) < 4.78 is 35.0. The summed E-state index contributed by atoms with van der Waals surface area (Å²) in [6.45, 7) is -0.0171. The van der Waals surface area contributed by atoms with Gasteiger partial charge in [0.25, 0.3) is 33.7 Å². The Kier molecular flexibility index (Phi) is 7.54. The molecule has 0 atom stereocenters. The fourth-order valence-electron chi connectivity index (χ4n) is 4.09. The van der Waals surface area contributed by atoms with E-state index in [1.54, 1.807) is 18.2 Å². The van der Waals surface area contributed by atoms with Gasteiger partial charge in [0.1, 0.15) is 0 Å². The number of benzene rings is 2. The molecule has 0 fully saturated rings. The fourth-order valence-corrected chi connectivity index (χ4v) is 4.94. The van der Waals surface area contributed by atoms with Crippen molar-refractivity contribution in [1.82, 2.24) is 9.80 Å². The molecule has 0 aromatic heterocycles. The van der Waals surface area contributed by atoms with Crippen LogP contribution in [-0.2, 0) is 19.5 Å². The zero-order valence-electron chi connectivity index (χ0n) is 18.6. The van der Waals surface area contributed by atoms with Crippen molar-refractivity contribution in [1.29, 1.82) is 0 Å². The number of fused-ring (bicyclic) bond motifs is 2. The van der Waals surface area contributed by atoms with E-state index in [-0.39, 0.29) is 41.8 Å². The van der Waals surface area contributed by atoms with Gasteiger partial charge < -0.3 is 0 Å². The summed E-state index contributed by atoms with van der Waals surface area (Å²) in [6, 6.07) is 9.34. The summed E-state index contributed by atoms with van der Waals surface area (Å²) in [4.78, 5) is 52.9. The van der Waals surface area contributed by atoms with Crippen LogP contribution in [0, 0.1) is 0 Å². The molecule has 0 aliphatic carbocycles. The molecule has 2 aliphatic heterocycles. The third-order valence-electron chi connectivity index (χ3n) is 5.75. The average Bonchev–Trinajstić information content (AvgIpc) is 3.22. The number of hydrogen-bond donors (Lipinski definition) is 2. The lowest BCUT2D eigenvalue weighted by Gasteiger charge is -2.12. The molecule has 0 spiro atoms. The number of hydrogen-bond acceptors (Lipinski definition) is 10. The molecular formula is C22H20N2O10S2. The van der Waals surface area contributed by atoms with Gasteiger partial charge >= 0.3 is 0 Å². The molecule has 0 saturated carbocycles. The first kappa shape index (κ1) is 25.9. The van der Waals surface area contributed by atoms with Crippen molar-refractivity contribution < 1.29 is 46.8 Å². The lowest BCUT2D eigenvalue weighted by Crippen LogP contribution is -2.31. The predicted octanol–water partition coefficient (Wildman–Crippen LogP) is 2.28. The van der Waals surface area contributed by atoms with Gasteiger partial charge in [0.05, 0.1) is 28.0 Å². The van der Waals surface area contributed by atoms with E-state index in [1.807, 2.05) is 0 Å². The van der Waals surface area contributed by atoms with Crippen LogP contribution in [0.25, 0.3) is 11.1 Å². The molecule has 190 valence electrons. The molecule has 0 unspecified atom stereocenters.